The molecule has 148 valence electrons. The summed E-state index contributed by atoms with van der Waals surface area (Å²) >= 11 is 0. The van der Waals surface area contributed by atoms with Gasteiger partial charge in [0, 0.05) is 61.9 Å². The third-order valence-electron chi connectivity index (χ3n) is 5.32. The Bertz CT molecular complexity index is 1180. The van der Waals surface area contributed by atoms with Crippen LogP contribution < -0.4 is 20.3 Å². The van der Waals surface area contributed by atoms with E-state index < -0.39 is 0 Å². The van der Waals surface area contributed by atoms with Crippen molar-refractivity contribution < 1.29 is 4.74 Å². The quantitative estimate of drug-likeness (QED) is 0.555. The maximum atomic E-state index is 5.59. The number of hydrogen-bond donors (Lipinski definition) is 2. The van der Waals surface area contributed by atoms with Crippen LogP contribution in [0.4, 0.5) is 17.1 Å². The molecule has 0 aliphatic carbocycles. The summed E-state index contributed by atoms with van der Waals surface area (Å²) in [5.74, 6) is 0.735. The van der Waals surface area contributed by atoms with Crippen LogP contribution >= 0.6 is 0 Å². The van der Waals surface area contributed by atoms with Gasteiger partial charge in [0.25, 0.3) is 0 Å². The van der Waals surface area contributed by atoms with Gasteiger partial charge in [-0.15, -0.1) is 0 Å². The van der Waals surface area contributed by atoms with Gasteiger partial charge in [-0.05, 0) is 24.3 Å². The number of fused-ring (bicyclic) bond motifs is 2. The van der Waals surface area contributed by atoms with E-state index >= 15 is 0 Å². The molecule has 0 spiro atoms. The molecule has 0 radical (unpaired) electrons. The number of ether oxygens (including phenoxy) is 1. The van der Waals surface area contributed by atoms with E-state index in [4.69, 9.17) is 4.74 Å². The number of rotatable bonds is 4. The summed E-state index contributed by atoms with van der Waals surface area (Å²) < 4.78 is 7.39. The Kier molecular flexibility index (Phi) is 4.40. The molecule has 5 rings (SSSR count). The number of aryl methyl sites for hydroxylation is 1. The lowest BCUT2D eigenvalue weighted by Crippen LogP contribution is -2.43. The molecule has 3 heterocycles. The van der Waals surface area contributed by atoms with Gasteiger partial charge in [-0.3, -0.25) is 4.68 Å². The third-order valence-corrected chi connectivity index (χ3v) is 5.32. The van der Waals surface area contributed by atoms with Crippen molar-refractivity contribution in [3.8, 4) is 5.75 Å². The highest BCUT2D eigenvalue weighted by Crippen LogP contribution is 2.34. The zero-order chi connectivity index (χ0) is 19.8. The molecule has 8 nitrogen and oxygen atoms in total. The molecule has 4 aromatic rings. The Morgan fingerprint density at radius 3 is 2.76 bits per heavy atom. The average molecular weight is 389 g/mol. The van der Waals surface area contributed by atoms with Crippen molar-refractivity contribution in [2.24, 2.45) is 7.05 Å². The Labute approximate surface area is 168 Å². The van der Waals surface area contributed by atoms with Crippen LogP contribution in [0.1, 0.15) is 0 Å². The Morgan fingerprint density at radius 1 is 1.07 bits per heavy atom. The molecule has 29 heavy (non-hydrogen) atoms. The Hall–Kier alpha value is -3.39. The van der Waals surface area contributed by atoms with E-state index in [2.05, 4.69) is 49.0 Å². The van der Waals surface area contributed by atoms with Crippen molar-refractivity contribution in [3.05, 3.63) is 42.7 Å². The van der Waals surface area contributed by atoms with Crippen LogP contribution in [-0.4, -0.2) is 53.3 Å². The maximum absolute atomic E-state index is 5.59. The normalized spacial score (nSPS) is 14.5. The number of methoxy groups -OCH3 is 1. The van der Waals surface area contributed by atoms with Crippen molar-refractivity contribution in [1.29, 1.82) is 0 Å². The van der Waals surface area contributed by atoms with Gasteiger partial charge in [0.1, 0.15) is 5.75 Å². The summed E-state index contributed by atoms with van der Waals surface area (Å²) in [7, 11) is 3.58. The molecular weight excluding hydrogens is 366 g/mol. The SMILES string of the molecule is COc1cc2nn(C)cc2cc1Nc1cnnc2cc(N3CCNCC3)ccc12. The minimum atomic E-state index is 0.735. The van der Waals surface area contributed by atoms with Gasteiger partial charge in [-0.25, -0.2) is 0 Å². The summed E-state index contributed by atoms with van der Waals surface area (Å²) in [5.41, 5.74) is 4.71. The first-order chi connectivity index (χ1) is 14.2. The van der Waals surface area contributed by atoms with Crippen molar-refractivity contribution in [3.63, 3.8) is 0 Å². The van der Waals surface area contributed by atoms with E-state index in [-0.39, 0.29) is 0 Å². The average Bonchev–Trinajstić information content (AvgIpc) is 3.12. The summed E-state index contributed by atoms with van der Waals surface area (Å²) in [6.45, 7) is 4.00. The number of nitrogens with one attached hydrogen (secondary N) is 2. The first-order valence-corrected chi connectivity index (χ1v) is 9.71. The van der Waals surface area contributed by atoms with E-state index in [1.165, 1.54) is 5.69 Å². The van der Waals surface area contributed by atoms with Gasteiger partial charge in [-0.2, -0.15) is 15.3 Å². The van der Waals surface area contributed by atoms with Crippen LogP contribution in [0.2, 0.25) is 0 Å². The van der Waals surface area contributed by atoms with Crippen LogP contribution in [0.3, 0.4) is 0 Å². The molecule has 1 aliphatic heterocycles. The zero-order valence-corrected chi connectivity index (χ0v) is 16.5. The molecule has 0 saturated carbocycles. The van der Waals surface area contributed by atoms with Crippen molar-refractivity contribution >= 4 is 38.9 Å². The van der Waals surface area contributed by atoms with Gasteiger partial charge < -0.3 is 20.3 Å². The van der Waals surface area contributed by atoms with Crippen LogP contribution in [0.5, 0.6) is 5.75 Å². The molecule has 2 aromatic carbocycles. The van der Waals surface area contributed by atoms with Gasteiger partial charge in [0.15, 0.2) is 0 Å². The predicted molar refractivity (Wildman–Crippen MR) is 115 cm³/mol. The fourth-order valence-corrected chi connectivity index (χ4v) is 3.86. The maximum Gasteiger partial charge on any atom is 0.144 e. The monoisotopic (exact) mass is 389 g/mol. The van der Waals surface area contributed by atoms with E-state index in [9.17, 15) is 0 Å². The first-order valence-electron chi connectivity index (χ1n) is 9.71. The zero-order valence-electron chi connectivity index (χ0n) is 16.5. The topological polar surface area (TPSA) is 80.1 Å². The molecule has 0 atom stereocenters. The van der Waals surface area contributed by atoms with E-state index in [0.717, 1.165) is 65.1 Å². The lowest BCUT2D eigenvalue weighted by Gasteiger charge is -2.29. The summed E-state index contributed by atoms with van der Waals surface area (Å²) in [5, 5.41) is 22.0. The number of benzene rings is 2. The summed E-state index contributed by atoms with van der Waals surface area (Å²) in [6.07, 6.45) is 3.74. The molecule has 8 heteroatoms. The molecule has 1 fully saturated rings. The molecular formula is C21H23N7O. The third kappa shape index (κ3) is 3.31. The minimum absolute atomic E-state index is 0.735. The van der Waals surface area contributed by atoms with E-state index in [1.807, 2.05) is 25.4 Å². The van der Waals surface area contributed by atoms with E-state index in [0.29, 0.717) is 0 Å². The smallest absolute Gasteiger partial charge is 0.144 e. The van der Waals surface area contributed by atoms with Crippen molar-refractivity contribution in [2.75, 3.05) is 43.5 Å². The largest absolute Gasteiger partial charge is 0.494 e. The van der Waals surface area contributed by atoms with Crippen LogP contribution in [-0.2, 0) is 7.05 Å². The highest BCUT2D eigenvalue weighted by molar-refractivity contribution is 5.96. The number of nitrogens with zero attached hydrogens (tertiary/aromatic N) is 5. The second-order valence-electron chi connectivity index (χ2n) is 7.24. The van der Waals surface area contributed by atoms with Gasteiger partial charge >= 0.3 is 0 Å². The Balaban J connectivity index is 1.52. The fourth-order valence-electron chi connectivity index (χ4n) is 3.86. The predicted octanol–water partition coefficient (Wildman–Crippen LogP) is 2.68. The highest BCUT2D eigenvalue weighted by Gasteiger charge is 2.14. The number of piperazine rings is 1. The molecule has 2 aromatic heterocycles. The molecule has 0 unspecified atom stereocenters. The molecule has 0 bridgehead atoms. The van der Waals surface area contributed by atoms with Gasteiger partial charge in [0.2, 0.25) is 0 Å². The number of aromatic nitrogens is 4. The molecule has 1 aliphatic rings. The number of hydrogen-bond acceptors (Lipinski definition) is 7. The van der Waals surface area contributed by atoms with Crippen LogP contribution in [0.15, 0.2) is 42.7 Å². The lowest BCUT2D eigenvalue weighted by atomic mass is 10.1. The standard InChI is InChI=1S/C21H23N7O/c1-27-13-14-9-19(21(29-2)11-17(14)26-27)24-20-12-23-25-18-10-15(3-4-16(18)20)28-7-5-22-6-8-28/h3-4,9-13,22H,5-8H2,1-2H3,(H,24,25). The second-order valence-corrected chi connectivity index (χ2v) is 7.24. The van der Waals surface area contributed by atoms with Crippen molar-refractivity contribution in [2.45, 2.75) is 0 Å². The molecule has 2 N–H and O–H groups in total. The highest BCUT2D eigenvalue weighted by atomic mass is 16.5. The minimum Gasteiger partial charge on any atom is -0.494 e. The van der Waals surface area contributed by atoms with Gasteiger partial charge in [0.05, 0.1) is 35.7 Å². The van der Waals surface area contributed by atoms with Crippen LogP contribution in [0.25, 0.3) is 21.8 Å². The lowest BCUT2D eigenvalue weighted by molar-refractivity contribution is 0.417. The molecule has 0 amide bonds. The van der Waals surface area contributed by atoms with Crippen molar-refractivity contribution in [1.82, 2.24) is 25.3 Å². The fraction of sp³-hybridized carbons (Fsp3) is 0.286. The second kappa shape index (κ2) is 7.21. The number of anilines is 3. The first kappa shape index (κ1) is 17.7. The molecule has 1 saturated heterocycles. The Morgan fingerprint density at radius 2 is 1.93 bits per heavy atom. The summed E-state index contributed by atoms with van der Waals surface area (Å²) in [4.78, 5) is 2.37. The van der Waals surface area contributed by atoms with Crippen LogP contribution in [0, 0.1) is 0 Å². The van der Waals surface area contributed by atoms with E-state index in [1.54, 1.807) is 18.0 Å². The van der Waals surface area contributed by atoms with Gasteiger partial charge in [-0.1, -0.05) is 0 Å². The summed E-state index contributed by atoms with van der Waals surface area (Å²) in [6, 6.07) is 10.4.